The molecule has 0 radical (unpaired) electrons. The van der Waals surface area contributed by atoms with Gasteiger partial charge in [-0.05, 0) is 54.7 Å². The second kappa shape index (κ2) is 9.60. The Hall–Kier alpha value is -4.18. The average Bonchev–Trinajstić information content (AvgIpc) is 3.17. The van der Waals surface area contributed by atoms with Crippen LogP contribution in [-0.2, 0) is 20.0 Å². The number of para-hydroxylation sites is 1. The van der Waals surface area contributed by atoms with Gasteiger partial charge in [0, 0.05) is 63.3 Å². The molecule has 38 heavy (non-hydrogen) atoms. The Morgan fingerprint density at radius 3 is 2.66 bits per heavy atom. The van der Waals surface area contributed by atoms with E-state index in [9.17, 15) is 4.79 Å². The maximum atomic E-state index is 11.0. The lowest BCUT2D eigenvalue weighted by atomic mass is 9.95. The van der Waals surface area contributed by atoms with Gasteiger partial charge in [0.05, 0.1) is 5.39 Å². The number of fused-ring (bicyclic) bond motifs is 2. The lowest BCUT2D eigenvalue weighted by Crippen LogP contribution is -2.53. The molecule has 2 aromatic carbocycles. The number of rotatable bonds is 6. The summed E-state index contributed by atoms with van der Waals surface area (Å²) in [6, 6.07) is 12.6. The number of amides is 1. The summed E-state index contributed by atoms with van der Waals surface area (Å²) in [5, 5.41) is 21.5. The molecule has 0 spiro atoms. The lowest BCUT2D eigenvalue weighted by Gasteiger charge is -2.41. The number of carboxylic acid groups (broad SMARTS) is 1. The van der Waals surface area contributed by atoms with Crippen LogP contribution in [0.15, 0.2) is 42.6 Å². The third-order valence-electron chi connectivity index (χ3n) is 7.60. The summed E-state index contributed by atoms with van der Waals surface area (Å²) in [4.78, 5) is 24.3. The zero-order valence-electron chi connectivity index (χ0n) is 21.9. The van der Waals surface area contributed by atoms with E-state index in [-0.39, 0.29) is 0 Å². The van der Waals surface area contributed by atoms with Crippen molar-refractivity contribution >= 4 is 40.3 Å². The summed E-state index contributed by atoms with van der Waals surface area (Å²) in [6.07, 6.45) is 1.99. The van der Waals surface area contributed by atoms with Crippen LogP contribution < -0.4 is 10.6 Å². The van der Waals surface area contributed by atoms with E-state index in [1.165, 1.54) is 16.0 Å². The average molecular weight is 513 g/mol. The van der Waals surface area contributed by atoms with Crippen molar-refractivity contribution in [3.63, 3.8) is 0 Å². The number of nitrogens with zero attached hydrogens (tertiary/aromatic N) is 6. The number of hydrogen-bond donors (Lipinski definition) is 3. The Morgan fingerprint density at radius 1 is 1.11 bits per heavy atom. The molecule has 0 saturated carbocycles. The second-order valence-electron chi connectivity index (χ2n) is 10.4. The highest BCUT2D eigenvalue weighted by Crippen LogP contribution is 2.30. The van der Waals surface area contributed by atoms with E-state index in [2.05, 4.69) is 75.9 Å². The van der Waals surface area contributed by atoms with Gasteiger partial charge in [-0.25, -0.2) is 14.5 Å². The number of likely N-dealkylation sites (tertiary alicyclic amines) is 1. The molecule has 3 N–H and O–H groups in total. The first-order valence-electron chi connectivity index (χ1n) is 13.0. The topological polar surface area (TPSA) is 111 Å². The van der Waals surface area contributed by atoms with Crippen LogP contribution in [0.5, 0.6) is 0 Å². The van der Waals surface area contributed by atoms with Crippen molar-refractivity contribution in [3.05, 3.63) is 64.8 Å². The maximum absolute atomic E-state index is 11.0. The molecule has 2 aliphatic heterocycles. The van der Waals surface area contributed by atoms with Gasteiger partial charge >= 0.3 is 6.09 Å². The van der Waals surface area contributed by atoms with E-state index >= 15 is 0 Å². The van der Waals surface area contributed by atoms with Gasteiger partial charge in [0.1, 0.15) is 0 Å². The minimum Gasteiger partial charge on any atom is -0.465 e. The highest BCUT2D eigenvalue weighted by atomic mass is 16.4. The van der Waals surface area contributed by atoms with Crippen LogP contribution in [0, 0.1) is 19.8 Å². The molecule has 196 valence electrons. The number of anilines is 4. The van der Waals surface area contributed by atoms with Crippen molar-refractivity contribution in [2.75, 3.05) is 36.8 Å². The van der Waals surface area contributed by atoms with Crippen molar-refractivity contribution in [2.45, 2.75) is 26.8 Å². The zero-order chi connectivity index (χ0) is 26.4. The number of carbonyl (C=O) groups is 1. The Kier molecular flexibility index (Phi) is 6.11. The summed E-state index contributed by atoms with van der Waals surface area (Å²) in [5.74, 6) is 1.68. The number of benzene rings is 2. The van der Waals surface area contributed by atoms with Gasteiger partial charge in [-0.1, -0.05) is 24.3 Å². The summed E-state index contributed by atoms with van der Waals surface area (Å²) in [5.41, 5.74) is 7.70. The molecule has 1 saturated heterocycles. The predicted molar refractivity (Wildman–Crippen MR) is 147 cm³/mol. The first-order chi connectivity index (χ1) is 18.3. The molecule has 10 nitrogen and oxygen atoms in total. The van der Waals surface area contributed by atoms with E-state index in [1.807, 2.05) is 13.2 Å². The molecule has 10 heteroatoms. The van der Waals surface area contributed by atoms with Gasteiger partial charge in [0.25, 0.3) is 0 Å². The standard InChI is InChI=1S/C28H32N8O2/c1-17-5-4-6-18(2)24(17)31-25-23-12-29-27(32-26(23)34(3)33-25)30-22-8-7-20-9-10-35(16-21(20)11-22)13-19-14-36(15-19)28(37)38/h4-8,11-12,19H,9-10,13-16H2,1-3H3,(H,31,33)(H,37,38)(H,29,30,32). The van der Waals surface area contributed by atoms with Gasteiger partial charge in [-0.2, -0.15) is 10.1 Å². The summed E-state index contributed by atoms with van der Waals surface area (Å²) in [6.45, 7) is 8.23. The second-order valence-corrected chi connectivity index (χ2v) is 10.4. The largest absolute Gasteiger partial charge is 0.465 e. The van der Waals surface area contributed by atoms with Crippen LogP contribution >= 0.6 is 0 Å². The summed E-state index contributed by atoms with van der Waals surface area (Å²) < 4.78 is 1.77. The summed E-state index contributed by atoms with van der Waals surface area (Å²) >= 11 is 0. The molecule has 4 heterocycles. The number of aromatic nitrogens is 4. The van der Waals surface area contributed by atoms with E-state index in [0.29, 0.717) is 25.0 Å². The molecule has 2 aliphatic rings. The first-order valence-corrected chi connectivity index (χ1v) is 13.0. The molecule has 0 unspecified atom stereocenters. The van der Waals surface area contributed by atoms with Crippen LogP contribution in [0.4, 0.5) is 27.9 Å². The third-order valence-corrected chi connectivity index (χ3v) is 7.60. The minimum absolute atomic E-state index is 0.419. The van der Waals surface area contributed by atoms with E-state index in [4.69, 9.17) is 10.1 Å². The fourth-order valence-electron chi connectivity index (χ4n) is 5.51. The van der Waals surface area contributed by atoms with Gasteiger partial charge in [0.2, 0.25) is 5.95 Å². The number of nitrogens with one attached hydrogen (secondary N) is 2. The monoisotopic (exact) mass is 512 g/mol. The zero-order valence-corrected chi connectivity index (χ0v) is 21.9. The summed E-state index contributed by atoms with van der Waals surface area (Å²) in [7, 11) is 1.89. The van der Waals surface area contributed by atoms with Crippen molar-refractivity contribution in [1.82, 2.24) is 29.5 Å². The Morgan fingerprint density at radius 2 is 1.89 bits per heavy atom. The number of aryl methyl sites for hydroxylation is 3. The predicted octanol–water partition coefficient (Wildman–Crippen LogP) is 4.44. The Bertz CT molecular complexity index is 1500. The van der Waals surface area contributed by atoms with Gasteiger partial charge in [-0.3, -0.25) is 4.90 Å². The minimum atomic E-state index is -0.818. The van der Waals surface area contributed by atoms with Crippen LogP contribution in [0.3, 0.4) is 0 Å². The fraction of sp³-hybridized carbons (Fsp3) is 0.357. The fourth-order valence-corrected chi connectivity index (χ4v) is 5.51. The molecule has 0 atom stereocenters. The smallest absolute Gasteiger partial charge is 0.407 e. The molecule has 0 bridgehead atoms. The third kappa shape index (κ3) is 4.63. The molecule has 1 fully saturated rings. The van der Waals surface area contributed by atoms with Crippen LogP contribution in [0.25, 0.3) is 11.0 Å². The molecule has 1 amide bonds. The molecule has 6 rings (SSSR count). The van der Waals surface area contributed by atoms with Gasteiger partial charge in [0.15, 0.2) is 11.5 Å². The molecule has 0 aliphatic carbocycles. The van der Waals surface area contributed by atoms with Crippen molar-refractivity contribution in [1.29, 1.82) is 0 Å². The van der Waals surface area contributed by atoms with Crippen molar-refractivity contribution in [2.24, 2.45) is 13.0 Å². The molecule has 4 aromatic rings. The highest BCUT2D eigenvalue weighted by molar-refractivity contribution is 5.90. The van der Waals surface area contributed by atoms with Gasteiger partial charge < -0.3 is 20.6 Å². The highest BCUT2D eigenvalue weighted by Gasteiger charge is 2.32. The van der Waals surface area contributed by atoms with E-state index in [1.54, 1.807) is 4.68 Å². The van der Waals surface area contributed by atoms with E-state index < -0.39 is 6.09 Å². The SMILES string of the molecule is Cc1cccc(C)c1Nc1nn(C)c2nc(Nc3ccc4c(c3)CN(CC3CN(C(=O)O)C3)CC4)ncc12. The first kappa shape index (κ1) is 24.2. The molecular weight excluding hydrogens is 480 g/mol. The van der Waals surface area contributed by atoms with Crippen molar-refractivity contribution < 1.29 is 9.90 Å². The number of hydrogen-bond acceptors (Lipinski definition) is 7. The quantitative estimate of drug-likeness (QED) is 0.348. The van der Waals surface area contributed by atoms with Crippen LogP contribution in [0.2, 0.25) is 0 Å². The Labute approximate surface area is 221 Å². The molecule has 2 aromatic heterocycles. The lowest BCUT2D eigenvalue weighted by molar-refractivity contribution is 0.0592. The van der Waals surface area contributed by atoms with Crippen molar-refractivity contribution in [3.8, 4) is 0 Å². The normalized spacial score (nSPS) is 15.8. The van der Waals surface area contributed by atoms with Crippen LogP contribution in [0.1, 0.15) is 22.3 Å². The maximum Gasteiger partial charge on any atom is 0.407 e. The Balaban J connectivity index is 1.16. The van der Waals surface area contributed by atoms with E-state index in [0.717, 1.165) is 65.4 Å². The van der Waals surface area contributed by atoms with Crippen LogP contribution in [-0.4, -0.2) is 66.9 Å². The molecular formula is C28H32N8O2. The van der Waals surface area contributed by atoms with Gasteiger partial charge in [-0.15, -0.1) is 0 Å².